The molecule has 0 amide bonds. The fourth-order valence-electron chi connectivity index (χ4n) is 2.65. The Kier molecular flexibility index (Phi) is 4.59. The van der Waals surface area contributed by atoms with Gasteiger partial charge in [0.05, 0.1) is 14.2 Å². The first-order valence-electron chi connectivity index (χ1n) is 8.31. The van der Waals surface area contributed by atoms with Crippen molar-refractivity contribution >= 4 is 23.2 Å². The van der Waals surface area contributed by atoms with Crippen LogP contribution in [-0.4, -0.2) is 30.6 Å². The van der Waals surface area contributed by atoms with Crippen LogP contribution in [0.3, 0.4) is 0 Å². The molecule has 28 heavy (non-hydrogen) atoms. The van der Waals surface area contributed by atoms with E-state index in [2.05, 4.69) is 15.2 Å². The molecule has 0 bridgehead atoms. The maximum absolute atomic E-state index is 12.2. The molecule has 0 radical (unpaired) electrons. The Hall–Kier alpha value is -3.94. The number of methoxy groups -OCH3 is 2. The van der Waals surface area contributed by atoms with Crippen molar-refractivity contribution in [3.05, 3.63) is 64.5 Å². The molecule has 8 nitrogen and oxygen atoms in total. The van der Waals surface area contributed by atoms with E-state index >= 15 is 0 Å². The summed E-state index contributed by atoms with van der Waals surface area (Å²) < 4.78 is 21.2. The van der Waals surface area contributed by atoms with Crippen molar-refractivity contribution in [1.82, 2.24) is 10.2 Å². The largest absolute Gasteiger partial charge is 0.493 e. The van der Waals surface area contributed by atoms with E-state index in [-0.39, 0.29) is 17.5 Å². The number of para-hydroxylation sites is 1. The Balaban J connectivity index is 1.62. The minimum absolute atomic E-state index is 0.0114. The van der Waals surface area contributed by atoms with Crippen LogP contribution in [-0.2, 0) is 0 Å². The van der Waals surface area contributed by atoms with Gasteiger partial charge >= 0.3 is 11.6 Å². The minimum atomic E-state index is -0.558. The predicted octanol–water partition coefficient (Wildman–Crippen LogP) is 3.61. The van der Waals surface area contributed by atoms with Crippen LogP contribution in [0.4, 0.5) is 6.01 Å². The minimum Gasteiger partial charge on any atom is -0.493 e. The number of rotatable bonds is 5. The van der Waals surface area contributed by atoms with Crippen molar-refractivity contribution in [3.8, 4) is 23.0 Å². The summed E-state index contributed by atoms with van der Waals surface area (Å²) >= 11 is 0. The van der Waals surface area contributed by atoms with Crippen LogP contribution in [0.15, 0.2) is 67.2 Å². The summed E-state index contributed by atoms with van der Waals surface area (Å²) in [7, 11) is 3.12. The van der Waals surface area contributed by atoms with Crippen LogP contribution in [0.1, 0.15) is 5.56 Å². The highest BCUT2D eigenvalue weighted by molar-refractivity contribution is 5.82. The molecule has 8 heteroatoms. The van der Waals surface area contributed by atoms with E-state index in [0.29, 0.717) is 17.1 Å². The quantitative estimate of drug-likeness (QED) is 0.387. The van der Waals surface area contributed by atoms with Gasteiger partial charge in [-0.15, -0.1) is 5.10 Å². The predicted molar refractivity (Wildman–Crippen MR) is 103 cm³/mol. The maximum Gasteiger partial charge on any atom is 0.349 e. The molecule has 4 rings (SSSR count). The summed E-state index contributed by atoms with van der Waals surface area (Å²) in [5, 5.41) is 8.50. The molecule has 2 heterocycles. The monoisotopic (exact) mass is 377 g/mol. The highest BCUT2D eigenvalue weighted by atomic mass is 16.5. The number of aromatic nitrogens is 2. The lowest BCUT2D eigenvalue weighted by atomic mass is 10.2. The summed E-state index contributed by atoms with van der Waals surface area (Å²) in [5.74, 6) is 1.23. The maximum atomic E-state index is 12.2. The smallest absolute Gasteiger partial charge is 0.349 e. The van der Waals surface area contributed by atoms with E-state index in [1.807, 2.05) is 12.1 Å². The fourth-order valence-corrected chi connectivity index (χ4v) is 2.65. The Labute approximate surface area is 159 Å². The van der Waals surface area contributed by atoms with Crippen LogP contribution in [0, 0.1) is 0 Å². The fraction of sp³-hybridized carbons (Fsp3) is 0.100. The van der Waals surface area contributed by atoms with E-state index in [0.717, 1.165) is 10.9 Å². The molecule has 0 atom stereocenters. The summed E-state index contributed by atoms with van der Waals surface area (Å²) in [6.07, 6.45) is 1.54. The SMILES string of the molecule is COc1ccc(/C=N/c2nnc(-c3cc4ccccc4oc3=O)o2)cc1OC. The first-order valence-corrected chi connectivity index (χ1v) is 8.31. The zero-order valence-corrected chi connectivity index (χ0v) is 15.1. The highest BCUT2D eigenvalue weighted by Crippen LogP contribution is 2.27. The van der Waals surface area contributed by atoms with E-state index in [9.17, 15) is 4.79 Å². The number of ether oxygens (including phenoxy) is 2. The van der Waals surface area contributed by atoms with Gasteiger partial charge in [0.15, 0.2) is 11.5 Å². The lowest BCUT2D eigenvalue weighted by Crippen LogP contribution is -2.02. The van der Waals surface area contributed by atoms with Crippen LogP contribution in [0.2, 0.25) is 0 Å². The average Bonchev–Trinajstić information content (AvgIpc) is 3.20. The third kappa shape index (κ3) is 3.35. The van der Waals surface area contributed by atoms with E-state index in [4.69, 9.17) is 18.3 Å². The molecule has 0 spiro atoms. The molecule has 140 valence electrons. The normalized spacial score (nSPS) is 11.2. The summed E-state index contributed by atoms with van der Waals surface area (Å²) in [6, 6.07) is 14.2. The Morgan fingerprint density at radius 2 is 1.79 bits per heavy atom. The van der Waals surface area contributed by atoms with E-state index < -0.39 is 5.63 Å². The van der Waals surface area contributed by atoms with Gasteiger partial charge in [-0.3, -0.25) is 0 Å². The lowest BCUT2D eigenvalue weighted by molar-refractivity contribution is 0.355. The topological polar surface area (TPSA) is 100.0 Å². The van der Waals surface area contributed by atoms with Gasteiger partial charge < -0.3 is 18.3 Å². The average molecular weight is 377 g/mol. The molecule has 0 aliphatic heterocycles. The molecule has 0 saturated carbocycles. The van der Waals surface area contributed by atoms with Crippen LogP contribution < -0.4 is 15.1 Å². The Bertz CT molecular complexity index is 1230. The van der Waals surface area contributed by atoms with E-state index in [1.54, 1.807) is 56.8 Å². The summed E-state index contributed by atoms with van der Waals surface area (Å²) in [4.78, 5) is 16.3. The molecule has 0 aliphatic rings. The standard InChI is InChI=1S/C20H15N3O5/c1-25-16-8-7-12(9-17(16)26-2)11-21-20-23-22-18(28-20)14-10-13-5-3-4-6-15(13)27-19(14)24/h3-11H,1-2H3/b21-11+. The van der Waals surface area contributed by atoms with Gasteiger partial charge in [-0.2, -0.15) is 0 Å². The van der Waals surface area contributed by atoms with Gasteiger partial charge in [0, 0.05) is 11.6 Å². The molecule has 0 unspecified atom stereocenters. The van der Waals surface area contributed by atoms with Gasteiger partial charge in [-0.05, 0) is 35.9 Å². The number of hydrogen-bond acceptors (Lipinski definition) is 8. The zero-order valence-electron chi connectivity index (χ0n) is 15.1. The lowest BCUT2D eigenvalue weighted by Gasteiger charge is -2.07. The number of fused-ring (bicyclic) bond motifs is 1. The van der Waals surface area contributed by atoms with Gasteiger partial charge in [-0.1, -0.05) is 23.3 Å². The van der Waals surface area contributed by atoms with Crippen LogP contribution in [0.5, 0.6) is 11.5 Å². The second kappa shape index (κ2) is 7.36. The summed E-state index contributed by atoms with van der Waals surface area (Å²) in [5.41, 5.74) is 0.863. The molecule has 0 N–H and O–H groups in total. The van der Waals surface area contributed by atoms with Gasteiger partial charge in [0.2, 0.25) is 0 Å². The zero-order chi connectivity index (χ0) is 19.5. The number of hydrogen-bond donors (Lipinski definition) is 0. The van der Waals surface area contributed by atoms with Crippen LogP contribution in [0.25, 0.3) is 22.4 Å². The van der Waals surface area contributed by atoms with Gasteiger partial charge in [0.1, 0.15) is 11.1 Å². The third-order valence-electron chi connectivity index (χ3n) is 4.02. The first-order chi connectivity index (χ1) is 13.7. The Morgan fingerprint density at radius 3 is 2.61 bits per heavy atom. The van der Waals surface area contributed by atoms with Crippen molar-refractivity contribution in [2.45, 2.75) is 0 Å². The second-order valence-corrected chi connectivity index (χ2v) is 5.75. The van der Waals surface area contributed by atoms with E-state index in [1.165, 1.54) is 0 Å². The highest BCUT2D eigenvalue weighted by Gasteiger charge is 2.14. The molecule has 2 aromatic carbocycles. The van der Waals surface area contributed by atoms with Crippen molar-refractivity contribution in [2.24, 2.45) is 4.99 Å². The van der Waals surface area contributed by atoms with Gasteiger partial charge in [0.25, 0.3) is 5.89 Å². The Morgan fingerprint density at radius 1 is 0.964 bits per heavy atom. The van der Waals surface area contributed by atoms with Crippen molar-refractivity contribution in [1.29, 1.82) is 0 Å². The first kappa shape index (κ1) is 17.5. The number of nitrogens with zero attached hydrogens (tertiary/aromatic N) is 3. The van der Waals surface area contributed by atoms with Crippen molar-refractivity contribution in [2.75, 3.05) is 14.2 Å². The molecule has 4 aromatic rings. The number of benzene rings is 2. The van der Waals surface area contributed by atoms with Gasteiger partial charge in [-0.25, -0.2) is 9.79 Å². The van der Waals surface area contributed by atoms with Crippen molar-refractivity contribution in [3.63, 3.8) is 0 Å². The molecule has 2 aromatic heterocycles. The second-order valence-electron chi connectivity index (χ2n) is 5.75. The molecular formula is C20H15N3O5. The molecule has 0 aliphatic carbocycles. The molecule has 0 saturated heterocycles. The molecular weight excluding hydrogens is 362 g/mol. The van der Waals surface area contributed by atoms with Crippen LogP contribution >= 0.6 is 0 Å². The molecule has 0 fully saturated rings. The number of aliphatic imine (C=N–C) groups is 1. The summed E-state index contributed by atoms with van der Waals surface area (Å²) in [6.45, 7) is 0. The van der Waals surface area contributed by atoms with Crippen molar-refractivity contribution < 1.29 is 18.3 Å². The third-order valence-corrected chi connectivity index (χ3v) is 4.02.